The lowest BCUT2D eigenvalue weighted by Crippen LogP contribution is -2.87. The van der Waals surface area contributed by atoms with Crippen molar-refractivity contribution in [2.75, 3.05) is 20.8 Å². The van der Waals surface area contributed by atoms with Crippen molar-refractivity contribution < 1.29 is 19.9 Å². The van der Waals surface area contributed by atoms with Gasteiger partial charge in [-0.25, -0.2) is 0 Å². The molecule has 1 aromatic heterocycles. The summed E-state index contributed by atoms with van der Waals surface area (Å²) in [5.41, 5.74) is 3.49. The van der Waals surface area contributed by atoms with Gasteiger partial charge in [-0.3, -0.25) is 14.3 Å². The number of H-pyrrole nitrogens is 1. The molecule has 4 N–H and O–H groups in total. The molecule has 0 bridgehead atoms. The van der Waals surface area contributed by atoms with Crippen molar-refractivity contribution in [1.82, 2.24) is 9.55 Å². The van der Waals surface area contributed by atoms with Crippen LogP contribution in [0.3, 0.4) is 0 Å². The highest BCUT2D eigenvalue weighted by Gasteiger charge is 2.33. The quantitative estimate of drug-likeness (QED) is 0.556. The Hall–Kier alpha value is -3.10. The molecule has 0 spiro atoms. The fourth-order valence-electron chi connectivity index (χ4n) is 4.11. The van der Waals surface area contributed by atoms with Crippen molar-refractivity contribution in [1.29, 1.82) is 0 Å². The number of para-hydroxylation sites is 1. The lowest BCUT2D eigenvalue weighted by atomic mass is 9.90. The largest absolute Gasteiger partial charge is 0.494 e. The van der Waals surface area contributed by atoms with Gasteiger partial charge in [-0.1, -0.05) is 18.2 Å². The monoisotopic (exact) mass is 426 g/mol. The maximum Gasteiger partial charge on any atom is 0.265 e. The lowest BCUT2D eigenvalue weighted by molar-refractivity contribution is -0.690. The molecule has 1 aliphatic rings. The summed E-state index contributed by atoms with van der Waals surface area (Å²) in [5.74, 6) is 1.08. The molecule has 0 saturated carbocycles. The molecule has 1 aliphatic heterocycles. The van der Waals surface area contributed by atoms with E-state index in [1.807, 2.05) is 48.6 Å². The third-order valence-corrected chi connectivity index (χ3v) is 5.87. The van der Waals surface area contributed by atoms with Crippen LogP contribution < -0.4 is 20.3 Å². The minimum absolute atomic E-state index is 0.151. The van der Waals surface area contributed by atoms with Crippen molar-refractivity contribution in [3.63, 3.8) is 0 Å². The van der Waals surface area contributed by atoms with Gasteiger partial charge >= 0.3 is 0 Å². The summed E-state index contributed by atoms with van der Waals surface area (Å²) in [6.45, 7) is 2.70. The number of aromatic hydroxyl groups is 1. The lowest BCUT2D eigenvalue weighted by Gasteiger charge is -2.26. The van der Waals surface area contributed by atoms with Gasteiger partial charge < -0.3 is 19.9 Å². The molecular weight excluding hydrogens is 402 g/mol. The minimum Gasteiger partial charge on any atom is -0.494 e. The molecule has 2 aromatic carbocycles. The second-order valence-corrected chi connectivity index (χ2v) is 7.66. The SMILES string of the molecule is COc1cc2c(cc1OC)[C@@H](c1c(O)n(-c3ccccc3C)c(=S)[nH]c1=O)[NH2+]CC2. The van der Waals surface area contributed by atoms with E-state index in [-0.39, 0.29) is 16.2 Å². The molecule has 0 unspecified atom stereocenters. The number of methoxy groups -OCH3 is 2. The van der Waals surface area contributed by atoms with E-state index in [0.29, 0.717) is 11.5 Å². The predicted molar refractivity (Wildman–Crippen MR) is 116 cm³/mol. The first kappa shape index (κ1) is 20.2. The Labute approximate surface area is 178 Å². The normalized spacial score (nSPS) is 15.5. The molecule has 0 aliphatic carbocycles. The van der Waals surface area contributed by atoms with E-state index in [0.717, 1.165) is 35.3 Å². The summed E-state index contributed by atoms with van der Waals surface area (Å²) in [7, 11) is 3.18. The number of nitrogens with two attached hydrogens (primary N) is 1. The summed E-state index contributed by atoms with van der Waals surface area (Å²) in [5, 5.41) is 13.3. The van der Waals surface area contributed by atoms with Gasteiger partial charge in [-0.05, 0) is 48.5 Å². The number of aryl methyl sites for hydroxylation is 1. The molecule has 0 amide bonds. The predicted octanol–water partition coefficient (Wildman–Crippen LogP) is 2.14. The fourth-order valence-corrected chi connectivity index (χ4v) is 4.38. The van der Waals surface area contributed by atoms with Crippen molar-refractivity contribution >= 4 is 12.2 Å². The van der Waals surface area contributed by atoms with Crippen LogP contribution in [0.5, 0.6) is 17.4 Å². The van der Waals surface area contributed by atoms with E-state index < -0.39 is 11.6 Å². The van der Waals surface area contributed by atoms with Gasteiger partial charge in [0.1, 0.15) is 11.6 Å². The van der Waals surface area contributed by atoms with Gasteiger partial charge in [0, 0.05) is 12.0 Å². The molecule has 8 heteroatoms. The van der Waals surface area contributed by atoms with Crippen LogP contribution in [0.25, 0.3) is 5.69 Å². The summed E-state index contributed by atoms with van der Waals surface area (Å²) < 4.78 is 12.6. The zero-order chi connectivity index (χ0) is 21.4. The third-order valence-electron chi connectivity index (χ3n) is 5.58. The molecule has 1 atom stereocenters. The van der Waals surface area contributed by atoms with E-state index >= 15 is 0 Å². The number of aromatic amines is 1. The molecule has 0 fully saturated rings. The number of nitrogens with zero attached hydrogens (tertiary/aromatic N) is 1. The number of hydrogen-bond donors (Lipinski definition) is 3. The van der Waals surface area contributed by atoms with Crippen molar-refractivity contribution in [3.05, 3.63) is 73.8 Å². The molecule has 2 heterocycles. The topological polar surface area (TPSA) is 93.1 Å². The molecule has 3 aromatic rings. The number of nitrogens with one attached hydrogen (secondary N) is 1. The Balaban J connectivity index is 1.96. The van der Waals surface area contributed by atoms with E-state index in [1.165, 1.54) is 4.57 Å². The summed E-state index contributed by atoms with van der Waals surface area (Å²) in [6, 6.07) is 11.0. The Morgan fingerprint density at radius 1 is 1.20 bits per heavy atom. The van der Waals surface area contributed by atoms with Gasteiger partial charge in [0.2, 0.25) is 5.88 Å². The Morgan fingerprint density at radius 3 is 2.60 bits per heavy atom. The Bertz CT molecular complexity index is 1230. The van der Waals surface area contributed by atoms with Crippen LogP contribution in [0, 0.1) is 11.7 Å². The molecule has 7 nitrogen and oxygen atoms in total. The van der Waals surface area contributed by atoms with E-state index in [1.54, 1.807) is 14.2 Å². The average Bonchev–Trinajstić information content (AvgIpc) is 2.73. The van der Waals surface area contributed by atoms with Gasteiger partial charge in [-0.2, -0.15) is 0 Å². The van der Waals surface area contributed by atoms with Crippen LogP contribution in [0.2, 0.25) is 0 Å². The Morgan fingerprint density at radius 2 is 1.90 bits per heavy atom. The maximum absolute atomic E-state index is 12.9. The summed E-state index contributed by atoms with van der Waals surface area (Å²) in [4.78, 5) is 15.7. The fraction of sp³-hybridized carbons (Fsp3) is 0.273. The maximum atomic E-state index is 12.9. The van der Waals surface area contributed by atoms with Gasteiger partial charge in [0.15, 0.2) is 16.3 Å². The van der Waals surface area contributed by atoms with E-state index in [4.69, 9.17) is 21.7 Å². The zero-order valence-electron chi connectivity index (χ0n) is 17.1. The number of aromatic nitrogens is 2. The van der Waals surface area contributed by atoms with E-state index in [9.17, 15) is 9.90 Å². The first-order chi connectivity index (χ1) is 14.5. The smallest absolute Gasteiger partial charge is 0.265 e. The summed E-state index contributed by atoms with van der Waals surface area (Å²) in [6.07, 6.45) is 0.821. The van der Waals surface area contributed by atoms with Gasteiger partial charge in [0.25, 0.3) is 5.56 Å². The highest BCUT2D eigenvalue weighted by Crippen LogP contribution is 2.37. The van der Waals surface area contributed by atoms with Crippen LogP contribution in [0.15, 0.2) is 41.2 Å². The number of quaternary nitrogens is 1. The molecule has 4 rings (SSSR count). The molecule has 0 saturated heterocycles. The van der Waals surface area contributed by atoms with Crippen LogP contribution in [0.4, 0.5) is 0 Å². The number of benzene rings is 2. The number of ether oxygens (including phenoxy) is 2. The second-order valence-electron chi connectivity index (χ2n) is 7.28. The average molecular weight is 427 g/mol. The van der Waals surface area contributed by atoms with Crippen LogP contribution >= 0.6 is 12.2 Å². The van der Waals surface area contributed by atoms with Crippen molar-refractivity contribution in [2.24, 2.45) is 0 Å². The van der Waals surface area contributed by atoms with E-state index in [2.05, 4.69) is 4.98 Å². The third kappa shape index (κ3) is 3.28. The Kier molecular flexibility index (Phi) is 5.36. The van der Waals surface area contributed by atoms with Crippen LogP contribution in [-0.2, 0) is 6.42 Å². The zero-order valence-corrected chi connectivity index (χ0v) is 17.9. The minimum atomic E-state index is -0.400. The number of fused-ring (bicyclic) bond motifs is 1. The molecule has 0 radical (unpaired) electrons. The molecule has 156 valence electrons. The number of hydrogen-bond acceptors (Lipinski definition) is 5. The number of rotatable bonds is 4. The highest BCUT2D eigenvalue weighted by atomic mass is 32.1. The van der Waals surface area contributed by atoms with Crippen molar-refractivity contribution in [2.45, 2.75) is 19.4 Å². The standard InChI is InChI=1S/C22H23N3O4S/c1-12-6-4-5-7-15(12)25-21(27)18(20(26)24-22(25)30)19-14-11-17(29-3)16(28-2)10-13(14)8-9-23-19/h4-7,10-11,19,23,27H,8-9H2,1-3H3,(H,24,26,30)/p+1/t19-/m0/s1. The second kappa shape index (κ2) is 7.97. The van der Waals surface area contributed by atoms with Crippen molar-refractivity contribution in [3.8, 4) is 23.1 Å². The van der Waals surface area contributed by atoms with Crippen LogP contribution in [-0.4, -0.2) is 35.4 Å². The highest BCUT2D eigenvalue weighted by molar-refractivity contribution is 7.71. The first-order valence-corrected chi connectivity index (χ1v) is 10.1. The molecule has 30 heavy (non-hydrogen) atoms. The van der Waals surface area contributed by atoms with Crippen LogP contribution in [0.1, 0.15) is 28.3 Å². The van der Waals surface area contributed by atoms with Gasteiger partial charge in [-0.15, -0.1) is 0 Å². The van der Waals surface area contributed by atoms with Gasteiger partial charge in [0.05, 0.1) is 26.5 Å². The summed E-state index contributed by atoms with van der Waals surface area (Å²) >= 11 is 5.38. The first-order valence-electron chi connectivity index (χ1n) is 9.68. The molecular formula is C22H24N3O4S+.